The number of nitrogens with two attached hydrogens (primary N) is 1. The average molecular weight is 241 g/mol. The molecule has 0 amide bonds. The van der Waals surface area contributed by atoms with Crippen LogP contribution in [0.4, 0.5) is 15.8 Å². The van der Waals surface area contributed by atoms with Crippen LogP contribution in [-0.2, 0) is 0 Å². The molecule has 0 fully saturated rings. The second-order valence-electron chi connectivity index (χ2n) is 3.82. The number of nitro benzene ring substituents is 1. The number of nitro groups is 1. The fourth-order valence-corrected chi connectivity index (χ4v) is 1.60. The zero-order valence-electron chi connectivity index (χ0n) is 9.65. The van der Waals surface area contributed by atoms with Crippen LogP contribution < -0.4 is 11.1 Å². The predicted molar refractivity (Wildman–Crippen MR) is 64.4 cm³/mol. The first-order valence-corrected chi connectivity index (χ1v) is 5.48. The summed E-state index contributed by atoms with van der Waals surface area (Å²) in [6, 6.07) is 3.43. The highest BCUT2D eigenvalue weighted by Crippen LogP contribution is 2.21. The topological polar surface area (TPSA) is 81.2 Å². The Bertz CT molecular complexity index is 398. The van der Waals surface area contributed by atoms with E-state index in [0.717, 1.165) is 18.9 Å². The number of benzene rings is 1. The van der Waals surface area contributed by atoms with Crippen LogP contribution in [0.3, 0.4) is 0 Å². The molecule has 0 radical (unpaired) electrons. The smallest absolute Gasteiger partial charge is 0.274 e. The van der Waals surface area contributed by atoms with E-state index in [-0.39, 0.29) is 11.7 Å². The van der Waals surface area contributed by atoms with Crippen molar-refractivity contribution < 1.29 is 9.31 Å². The molecule has 0 aliphatic heterocycles. The van der Waals surface area contributed by atoms with Crippen molar-refractivity contribution in [1.82, 2.24) is 0 Å². The fourth-order valence-electron chi connectivity index (χ4n) is 1.60. The maximum atomic E-state index is 13.2. The molecule has 0 saturated heterocycles. The monoisotopic (exact) mass is 241 g/mol. The number of anilines is 1. The molecule has 1 aromatic carbocycles. The number of hydrogen-bond donors (Lipinski definition) is 2. The Morgan fingerprint density at radius 3 is 2.76 bits per heavy atom. The minimum atomic E-state index is -0.631. The van der Waals surface area contributed by atoms with E-state index < -0.39 is 10.7 Å². The van der Waals surface area contributed by atoms with Gasteiger partial charge in [-0.1, -0.05) is 13.3 Å². The molecule has 0 aromatic heterocycles. The highest BCUT2D eigenvalue weighted by Gasteiger charge is 2.12. The molecule has 1 rings (SSSR count). The molecule has 0 bridgehead atoms. The van der Waals surface area contributed by atoms with E-state index in [2.05, 4.69) is 5.32 Å². The van der Waals surface area contributed by atoms with E-state index in [1.165, 1.54) is 12.1 Å². The van der Waals surface area contributed by atoms with E-state index in [1.807, 2.05) is 6.92 Å². The van der Waals surface area contributed by atoms with Gasteiger partial charge in [-0.25, -0.2) is 4.39 Å². The molecular weight excluding hydrogens is 225 g/mol. The van der Waals surface area contributed by atoms with Crippen molar-refractivity contribution in [2.45, 2.75) is 25.8 Å². The van der Waals surface area contributed by atoms with Gasteiger partial charge in [-0.3, -0.25) is 10.1 Å². The summed E-state index contributed by atoms with van der Waals surface area (Å²) in [6.07, 6.45) is 1.77. The quantitative estimate of drug-likeness (QED) is 0.591. The third kappa shape index (κ3) is 3.99. The van der Waals surface area contributed by atoms with Crippen molar-refractivity contribution in [3.05, 3.63) is 34.1 Å². The molecule has 1 atom stereocenters. The van der Waals surface area contributed by atoms with E-state index >= 15 is 0 Å². The summed E-state index contributed by atoms with van der Waals surface area (Å²) in [6.45, 7) is 2.41. The zero-order chi connectivity index (χ0) is 12.8. The van der Waals surface area contributed by atoms with Gasteiger partial charge in [-0.15, -0.1) is 0 Å². The molecule has 0 aliphatic carbocycles. The van der Waals surface area contributed by atoms with Gasteiger partial charge < -0.3 is 11.1 Å². The molecule has 94 valence electrons. The van der Waals surface area contributed by atoms with Crippen LogP contribution >= 0.6 is 0 Å². The fraction of sp³-hybridized carbons (Fsp3) is 0.455. The third-order valence-corrected chi connectivity index (χ3v) is 2.39. The number of nitrogens with one attached hydrogen (secondary N) is 1. The van der Waals surface area contributed by atoms with Gasteiger partial charge in [0.2, 0.25) is 0 Å². The van der Waals surface area contributed by atoms with E-state index in [9.17, 15) is 14.5 Å². The zero-order valence-corrected chi connectivity index (χ0v) is 9.65. The highest BCUT2D eigenvalue weighted by molar-refractivity contribution is 5.52. The molecule has 1 unspecified atom stereocenters. The maximum absolute atomic E-state index is 13.2. The molecule has 6 heteroatoms. The summed E-state index contributed by atoms with van der Waals surface area (Å²) in [7, 11) is 0. The summed E-state index contributed by atoms with van der Waals surface area (Å²) in [5, 5.41) is 13.6. The van der Waals surface area contributed by atoms with Crippen molar-refractivity contribution in [3.63, 3.8) is 0 Å². The third-order valence-electron chi connectivity index (χ3n) is 2.39. The molecule has 0 aliphatic rings. The van der Waals surface area contributed by atoms with Crippen molar-refractivity contribution in [2.75, 3.05) is 11.9 Å². The first kappa shape index (κ1) is 13.4. The lowest BCUT2D eigenvalue weighted by Crippen LogP contribution is -2.28. The van der Waals surface area contributed by atoms with Gasteiger partial charge in [-0.05, 0) is 12.5 Å². The van der Waals surface area contributed by atoms with Crippen molar-refractivity contribution in [1.29, 1.82) is 0 Å². The maximum Gasteiger partial charge on any atom is 0.274 e. The molecule has 1 aromatic rings. The largest absolute Gasteiger partial charge is 0.381 e. The van der Waals surface area contributed by atoms with Crippen molar-refractivity contribution >= 4 is 11.4 Å². The Hall–Kier alpha value is -1.69. The van der Waals surface area contributed by atoms with Crippen LogP contribution in [-0.4, -0.2) is 17.5 Å². The first-order valence-electron chi connectivity index (χ1n) is 5.48. The number of hydrogen-bond acceptors (Lipinski definition) is 4. The van der Waals surface area contributed by atoms with Crippen LogP contribution in [0.2, 0.25) is 0 Å². The van der Waals surface area contributed by atoms with Crippen LogP contribution in [0.15, 0.2) is 18.2 Å². The molecule has 17 heavy (non-hydrogen) atoms. The lowest BCUT2D eigenvalue weighted by Gasteiger charge is -2.17. The van der Waals surface area contributed by atoms with Gasteiger partial charge >= 0.3 is 0 Å². The van der Waals surface area contributed by atoms with Gasteiger partial charge in [0.1, 0.15) is 5.82 Å². The summed E-state index contributed by atoms with van der Waals surface area (Å²) < 4.78 is 13.2. The van der Waals surface area contributed by atoms with Gasteiger partial charge in [0.15, 0.2) is 0 Å². The Kier molecular flexibility index (Phi) is 4.84. The molecule has 5 nitrogen and oxygen atoms in total. The summed E-state index contributed by atoms with van der Waals surface area (Å²) in [5.41, 5.74) is 5.68. The normalized spacial score (nSPS) is 12.2. The van der Waals surface area contributed by atoms with Crippen LogP contribution in [0.25, 0.3) is 0 Å². The lowest BCUT2D eigenvalue weighted by molar-refractivity contribution is -0.385. The molecular formula is C11H16FN3O2. The number of nitrogens with zero attached hydrogens (tertiary/aromatic N) is 1. The minimum absolute atomic E-state index is 0.00130. The van der Waals surface area contributed by atoms with E-state index in [0.29, 0.717) is 12.2 Å². The number of non-ortho nitro benzene ring substituents is 1. The number of halogens is 1. The van der Waals surface area contributed by atoms with E-state index in [4.69, 9.17) is 5.73 Å². The molecule has 0 spiro atoms. The predicted octanol–water partition coefficient (Wildman–Crippen LogP) is 2.27. The van der Waals surface area contributed by atoms with E-state index in [1.54, 1.807) is 0 Å². The Balaban J connectivity index is 2.86. The summed E-state index contributed by atoms with van der Waals surface area (Å²) >= 11 is 0. The van der Waals surface area contributed by atoms with Crippen LogP contribution in [0.1, 0.15) is 19.8 Å². The minimum Gasteiger partial charge on any atom is -0.381 e. The standard InChI is InChI=1S/C11H16FN3O2/c1-2-3-9(7-13)14-10-4-8(12)5-11(6-10)15(16)17/h4-6,9,14H,2-3,7,13H2,1H3. The number of rotatable bonds is 6. The lowest BCUT2D eigenvalue weighted by atomic mass is 10.1. The Morgan fingerprint density at radius 2 is 2.24 bits per heavy atom. The Labute approximate surface area is 99.0 Å². The van der Waals surface area contributed by atoms with Crippen LogP contribution in [0, 0.1) is 15.9 Å². The van der Waals surface area contributed by atoms with Gasteiger partial charge in [-0.2, -0.15) is 0 Å². The van der Waals surface area contributed by atoms with Gasteiger partial charge in [0, 0.05) is 24.3 Å². The van der Waals surface area contributed by atoms with Gasteiger partial charge in [0.25, 0.3) is 5.69 Å². The first-order chi connectivity index (χ1) is 8.06. The Morgan fingerprint density at radius 1 is 1.53 bits per heavy atom. The second kappa shape index (κ2) is 6.15. The summed E-state index contributed by atoms with van der Waals surface area (Å²) in [4.78, 5) is 9.95. The SMILES string of the molecule is CCCC(CN)Nc1cc(F)cc([N+](=O)[O-])c1. The second-order valence-corrected chi connectivity index (χ2v) is 3.82. The molecule has 0 saturated carbocycles. The molecule has 3 N–H and O–H groups in total. The van der Waals surface area contributed by atoms with Crippen molar-refractivity contribution in [3.8, 4) is 0 Å². The highest BCUT2D eigenvalue weighted by atomic mass is 19.1. The van der Waals surface area contributed by atoms with Gasteiger partial charge in [0.05, 0.1) is 11.0 Å². The summed E-state index contributed by atoms with van der Waals surface area (Å²) in [5.74, 6) is -0.631. The van der Waals surface area contributed by atoms with Crippen LogP contribution in [0.5, 0.6) is 0 Å². The average Bonchev–Trinajstić information content (AvgIpc) is 2.27. The van der Waals surface area contributed by atoms with Crippen molar-refractivity contribution in [2.24, 2.45) is 5.73 Å². The molecule has 0 heterocycles.